The van der Waals surface area contributed by atoms with Crippen molar-refractivity contribution in [2.75, 3.05) is 18.0 Å². The highest BCUT2D eigenvalue weighted by atomic mass is 19.4. The van der Waals surface area contributed by atoms with Gasteiger partial charge >= 0.3 is 12.1 Å². The Labute approximate surface area is 147 Å². The lowest BCUT2D eigenvalue weighted by Gasteiger charge is -2.31. The van der Waals surface area contributed by atoms with Crippen LogP contribution in [-0.2, 0) is 18.0 Å². The van der Waals surface area contributed by atoms with E-state index in [4.69, 9.17) is 0 Å². The third-order valence-corrected chi connectivity index (χ3v) is 4.35. The summed E-state index contributed by atoms with van der Waals surface area (Å²) in [6, 6.07) is 0.895. The molecule has 26 heavy (non-hydrogen) atoms. The lowest BCUT2D eigenvalue weighted by molar-refractivity contribution is -0.142. The summed E-state index contributed by atoms with van der Waals surface area (Å²) in [6.07, 6.45) is -2.00. The molecular weight excluding hydrogens is 351 g/mol. The Morgan fingerprint density at radius 2 is 2.08 bits per heavy atom. The zero-order valence-corrected chi connectivity index (χ0v) is 14.3. The average Bonchev–Trinajstić information content (AvgIpc) is 2.92. The van der Waals surface area contributed by atoms with Crippen LogP contribution in [0.2, 0.25) is 0 Å². The molecule has 3 rings (SSSR count). The standard InChI is InChI=1S/C16H18F3N5O2/c1-9-11(8-23(2)22-9)12-6-13(16(17,18)19)21-15(20-12)24-5-3-4-10(7-24)14(25)26/h6,8,10H,3-5,7H2,1-2H3,(H,25,26). The molecule has 0 radical (unpaired) electrons. The fourth-order valence-corrected chi connectivity index (χ4v) is 3.07. The maximum absolute atomic E-state index is 13.3. The molecule has 1 unspecified atom stereocenters. The SMILES string of the molecule is Cc1nn(C)cc1-c1cc(C(F)(F)F)nc(N2CCCC(C(=O)O)C2)n1. The summed E-state index contributed by atoms with van der Waals surface area (Å²) in [5, 5.41) is 13.3. The number of anilines is 1. The minimum Gasteiger partial charge on any atom is -0.481 e. The number of aromatic nitrogens is 4. The molecule has 0 spiro atoms. The molecule has 2 aromatic heterocycles. The molecule has 2 aromatic rings. The molecule has 140 valence electrons. The van der Waals surface area contributed by atoms with Crippen molar-refractivity contribution in [3.63, 3.8) is 0 Å². The van der Waals surface area contributed by atoms with Gasteiger partial charge in [0, 0.05) is 31.9 Å². The van der Waals surface area contributed by atoms with Gasteiger partial charge in [-0.15, -0.1) is 0 Å². The van der Waals surface area contributed by atoms with E-state index >= 15 is 0 Å². The molecule has 1 fully saturated rings. The molecule has 0 saturated carbocycles. The van der Waals surface area contributed by atoms with Crippen molar-refractivity contribution >= 4 is 11.9 Å². The summed E-state index contributed by atoms with van der Waals surface area (Å²) in [5.41, 5.74) is 0.0874. The van der Waals surface area contributed by atoms with Gasteiger partial charge in [0.2, 0.25) is 5.95 Å². The van der Waals surface area contributed by atoms with Crippen molar-refractivity contribution in [2.45, 2.75) is 25.9 Å². The van der Waals surface area contributed by atoms with Gasteiger partial charge in [-0.2, -0.15) is 18.3 Å². The van der Waals surface area contributed by atoms with E-state index < -0.39 is 23.8 Å². The second kappa shape index (κ2) is 6.58. The van der Waals surface area contributed by atoms with Crippen LogP contribution in [0.5, 0.6) is 0 Å². The van der Waals surface area contributed by atoms with E-state index in [2.05, 4.69) is 15.1 Å². The number of carboxylic acids is 1. The van der Waals surface area contributed by atoms with Crippen LogP contribution in [0.4, 0.5) is 19.1 Å². The van der Waals surface area contributed by atoms with Crippen molar-refractivity contribution in [3.8, 4) is 11.3 Å². The molecule has 0 aromatic carbocycles. The van der Waals surface area contributed by atoms with Gasteiger partial charge in [0.1, 0.15) is 0 Å². The van der Waals surface area contributed by atoms with Crippen LogP contribution in [0.25, 0.3) is 11.3 Å². The van der Waals surface area contributed by atoms with Crippen molar-refractivity contribution in [2.24, 2.45) is 13.0 Å². The largest absolute Gasteiger partial charge is 0.481 e. The summed E-state index contributed by atoms with van der Waals surface area (Å²) >= 11 is 0. The van der Waals surface area contributed by atoms with E-state index in [1.165, 1.54) is 9.58 Å². The van der Waals surface area contributed by atoms with Gasteiger partial charge < -0.3 is 10.0 Å². The van der Waals surface area contributed by atoms with E-state index in [0.717, 1.165) is 6.07 Å². The highest BCUT2D eigenvalue weighted by Gasteiger charge is 2.35. The van der Waals surface area contributed by atoms with Crippen LogP contribution in [0.15, 0.2) is 12.3 Å². The van der Waals surface area contributed by atoms with Gasteiger partial charge in [-0.25, -0.2) is 9.97 Å². The van der Waals surface area contributed by atoms with Gasteiger partial charge in [-0.3, -0.25) is 9.48 Å². The molecular formula is C16H18F3N5O2. The quantitative estimate of drug-likeness (QED) is 0.895. The molecule has 0 amide bonds. The number of nitrogens with zero attached hydrogens (tertiary/aromatic N) is 5. The highest BCUT2D eigenvalue weighted by molar-refractivity contribution is 5.71. The lowest BCUT2D eigenvalue weighted by Crippen LogP contribution is -2.40. The molecule has 1 atom stereocenters. The smallest absolute Gasteiger partial charge is 0.433 e. The van der Waals surface area contributed by atoms with Crippen LogP contribution in [0.3, 0.4) is 0 Å². The van der Waals surface area contributed by atoms with E-state index in [1.807, 2.05) is 0 Å². The number of halogens is 3. The van der Waals surface area contributed by atoms with Crippen molar-refractivity contribution in [3.05, 3.63) is 23.7 Å². The number of alkyl halides is 3. The van der Waals surface area contributed by atoms with Crippen molar-refractivity contribution in [1.29, 1.82) is 0 Å². The summed E-state index contributed by atoms with van der Waals surface area (Å²) in [4.78, 5) is 20.7. The second-order valence-corrected chi connectivity index (χ2v) is 6.36. The Bertz CT molecular complexity index is 834. The molecule has 1 N–H and O–H groups in total. The summed E-state index contributed by atoms with van der Waals surface area (Å²) < 4.78 is 41.5. The van der Waals surface area contributed by atoms with Crippen LogP contribution < -0.4 is 4.90 Å². The number of carbonyl (C=O) groups is 1. The molecule has 0 aliphatic carbocycles. The first kappa shape index (κ1) is 18.2. The first-order chi connectivity index (χ1) is 12.1. The number of hydrogen-bond donors (Lipinski definition) is 1. The molecule has 3 heterocycles. The van der Waals surface area contributed by atoms with Gasteiger partial charge in [0.25, 0.3) is 0 Å². The number of rotatable bonds is 3. The number of piperidine rings is 1. The van der Waals surface area contributed by atoms with E-state index in [-0.39, 0.29) is 18.2 Å². The Balaban J connectivity index is 2.06. The van der Waals surface area contributed by atoms with E-state index in [1.54, 1.807) is 20.2 Å². The topological polar surface area (TPSA) is 84.1 Å². The van der Waals surface area contributed by atoms with E-state index in [9.17, 15) is 23.1 Å². The molecule has 10 heteroatoms. The molecule has 0 bridgehead atoms. The Kier molecular flexibility index (Phi) is 4.59. The monoisotopic (exact) mass is 369 g/mol. The first-order valence-electron chi connectivity index (χ1n) is 8.10. The zero-order valence-electron chi connectivity index (χ0n) is 14.3. The molecule has 1 aliphatic rings. The normalized spacial score (nSPS) is 18.2. The highest BCUT2D eigenvalue weighted by Crippen LogP contribution is 2.33. The first-order valence-corrected chi connectivity index (χ1v) is 8.10. The van der Waals surface area contributed by atoms with Crippen molar-refractivity contribution < 1.29 is 23.1 Å². The minimum atomic E-state index is -4.63. The second-order valence-electron chi connectivity index (χ2n) is 6.36. The molecule has 1 aliphatic heterocycles. The average molecular weight is 369 g/mol. The molecule has 1 saturated heterocycles. The van der Waals surface area contributed by atoms with Gasteiger partial charge in [-0.1, -0.05) is 0 Å². The minimum absolute atomic E-state index is 0.0854. The maximum atomic E-state index is 13.3. The fourth-order valence-electron chi connectivity index (χ4n) is 3.07. The third kappa shape index (κ3) is 3.63. The Morgan fingerprint density at radius 3 is 2.65 bits per heavy atom. The lowest BCUT2D eigenvalue weighted by atomic mass is 9.99. The predicted molar refractivity (Wildman–Crippen MR) is 86.5 cm³/mol. The van der Waals surface area contributed by atoms with Crippen LogP contribution in [0.1, 0.15) is 24.2 Å². The summed E-state index contributed by atoms with van der Waals surface area (Å²) in [6.45, 7) is 2.18. The van der Waals surface area contributed by atoms with Gasteiger partial charge in [-0.05, 0) is 25.8 Å². The van der Waals surface area contributed by atoms with Gasteiger partial charge in [0.15, 0.2) is 5.69 Å². The molecule has 7 nitrogen and oxygen atoms in total. The summed E-state index contributed by atoms with van der Waals surface area (Å²) in [5.74, 6) is -1.72. The zero-order chi connectivity index (χ0) is 19.1. The Hall–Kier alpha value is -2.65. The van der Waals surface area contributed by atoms with E-state index in [0.29, 0.717) is 30.6 Å². The van der Waals surface area contributed by atoms with Crippen LogP contribution in [0, 0.1) is 12.8 Å². The number of hydrogen-bond acceptors (Lipinski definition) is 5. The summed E-state index contributed by atoms with van der Waals surface area (Å²) in [7, 11) is 1.67. The maximum Gasteiger partial charge on any atom is 0.433 e. The van der Waals surface area contributed by atoms with Crippen LogP contribution in [-0.4, -0.2) is 43.9 Å². The number of carboxylic acid groups (broad SMARTS) is 1. The third-order valence-electron chi connectivity index (χ3n) is 4.35. The van der Waals surface area contributed by atoms with Crippen molar-refractivity contribution in [1.82, 2.24) is 19.7 Å². The predicted octanol–water partition coefficient (Wildman–Crippen LogP) is 2.51. The number of aliphatic carboxylic acids is 1. The number of aryl methyl sites for hydroxylation is 2. The van der Waals surface area contributed by atoms with Crippen LogP contribution >= 0.6 is 0 Å². The van der Waals surface area contributed by atoms with Gasteiger partial charge in [0.05, 0.1) is 17.3 Å². The Morgan fingerprint density at radius 1 is 1.35 bits per heavy atom. The fraction of sp³-hybridized carbons (Fsp3) is 0.500.